The van der Waals surface area contributed by atoms with Gasteiger partial charge in [0.1, 0.15) is 30.3 Å². The van der Waals surface area contributed by atoms with E-state index in [1.807, 2.05) is 6.07 Å². The zero-order chi connectivity index (χ0) is 33.6. The van der Waals surface area contributed by atoms with Gasteiger partial charge in [0.15, 0.2) is 0 Å². The Bertz CT molecular complexity index is 1610. The Labute approximate surface area is 270 Å². The van der Waals surface area contributed by atoms with Gasteiger partial charge < -0.3 is 15.2 Å². The molecule has 1 aromatic carbocycles. The molecule has 13 heteroatoms. The van der Waals surface area contributed by atoms with Crippen LogP contribution in [0.4, 0.5) is 20.3 Å². The number of nitrogens with one attached hydrogen (secondary N) is 1. The van der Waals surface area contributed by atoms with Crippen LogP contribution in [0.3, 0.4) is 0 Å². The van der Waals surface area contributed by atoms with Crippen molar-refractivity contribution in [3.8, 4) is 11.8 Å². The molecule has 2 fully saturated rings. The maximum absolute atomic E-state index is 14.8. The van der Waals surface area contributed by atoms with Gasteiger partial charge in [-0.1, -0.05) is 35.9 Å². The molecule has 2 atom stereocenters. The van der Waals surface area contributed by atoms with Crippen molar-refractivity contribution in [3.63, 3.8) is 0 Å². The van der Waals surface area contributed by atoms with Crippen LogP contribution in [0.15, 0.2) is 77.5 Å². The number of anilines is 2. The Kier molecular flexibility index (Phi) is 10.9. The van der Waals surface area contributed by atoms with Gasteiger partial charge in [-0.15, -0.1) is 0 Å². The molecule has 3 amide bonds. The van der Waals surface area contributed by atoms with Gasteiger partial charge in [0.25, 0.3) is 11.8 Å². The number of ether oxygens (including phenoxy) is 1. The van der Waals surface area contributed by atoms with Gasteiger partial charge in [-0.25, -0.2) is 13.8 Å². The number of carbonyl (C=O) groups is 3. The average molecular weight is 654 g/mol. The molecule has 0 radical (unpaired) electrons. The van der Waals surface area contributed by atoms with E-state index in [1.54, 1.807) is 38.1 Å². The molecule has 0 spiro atoms. The topological polar surface area (TPSA) is 136 Å². The number of aliphatic hydroxyl groups is 1. The second-order valence-electron chi connectivity index (χ2n) is 11.0. The highest BCUT2D eigenvalue weighted by atomic mass is 35.5. The van der Waals surface area contributed by atoms with Gasteiger partial charge in [0, 0.05) is 53.9 Å². The molecule has 1 aliphatic carbocycles. The molecular weight excluding hydrogens is 620 g/mol. The van der Waals surface area contributed by atoms with Crippen LogP contribution < -0.4 is 19.9 Å². The van der Waals surface area contributed by atoms with E-state index < -0.39 is 54.6 Å². The van der Waals surface area contributed by atoms with Crippen molar-refractivity contribution in [2.24, 2.45) is 0 Å². The quantitative estimate of drug-likeness (QED) is 0.315. The summed E-state index contributed by atoms with van der Waals surface area (Å²) in [5.74, 6) is -4.47. The molecule has 46 heavy (non-hydrogen) atoms. The Balaban J connectivity index is 1.91. The molecule has 0 bridgehead atoms. The summed E-state index contributed by atoms with van der Waals surface area (Å²) in [4.78, 5) is 48.8. The third-order valence-corrected chi connectivity index (χ3v) is 7.89. The van der Waals surface area contributed by atoms with Crippen molar-refractivity contribution in [3.05, 3.63) is 83.1 Å². The van der Waals surface area contributed by atoms with Crippen LogP contribution in [-0.4, -0.2) is 65.1 Å². The van der Waals surface area contributed by atoms with Crippen molar-refractivity contribution >= 4 is 40.8 Å². The number of nitrogens with zero attached hydrogens (tertiary/aromatic N) is 4. The fourth-order valence-corrected chi connectivity index (χ4v) is 5.89. The lowest BCUT2D eigenvalue weighted by Crippen LogP contribution is -2.60. The molecule has 2 aliphatic rings. The van der Waals surface area contributed by atoms with E-state index in [0.29, 0.717) is 5.57 Å². The Hall–Kier alpha value is -4.60. The summed E-state index contributed by atoms with van der Waals surface area (Å²) in [6, 6.07) is 7.52. The molecule has 4 rings (SSSR count). The van der Waals surface area contributed by atoms with Gasteiger partial charge in [-0.3, -0.25) is 24.2 Å². The lowest BCUT2D eigenvalue weighted by atomic mass is 9.87. The highest BCUT2D eigenvalue weighted by Crippen LogP contribution is 2.39. The number of hydrogen-bond donors (Lipinski definition) is 2. The Morgan fingerprint density at radius 1 is 1.35 bits per heavy atom. The lowest BCUT2D eigenvalue weighted by Gasteiger charge is -2.40. The summed E-state index contributed by atoms with van der Waals surface area (Å²) in [6.45, 7) is 6.99. The normalized spacial score (nSPS) is 18.8. The molecule has 1 saturated carbocycles. The first kappa shape index (κ1) is 34.3. The molecule has 10 nitrogen and oxygen atoms in total. The van der Waals surface area contributed by atoms with E-state index in [9.17, 15) is 33.5 Å². The number of alkyl halides is 2. The zero-order valence-electron chi connectivity index (χ0n) is 25.4. The number of nitriles is 1. The number of aliphatic hydroxyl groups excluding tert-OH is 1. The number of rotatable bonds is 12. The van der Waals surface area contributed by atoms with Crippen molar-refractivity contribution in [2.75, 3.05) is 23.0 Å². The van der Waals surface area contributed by atoms with Crippen LogP contribution >= 0.6 is 11.6 Å². The monoisotopic (exact) mass is 653 g/mol. The maximum atomic E-state index is 14.8. The number of halogens is 3. The van der Waals surface area contributed by atoms with Crippen molar-refractivity contribution < 1.29 is 33.0 Å². The van der Waals surface area contributed by atoms with Crippen LogP contribution in [0.25, 0.3) is 0 Å². The number of benzene rings is 1. The number of aromatic nitrogens is 1. The number of pyridine rings is 1. The number of amides is 3. The average Bonchev–Trinajstić information content (AvgIpc) is 3.40. The van der Waals surface area contributed by atoms with Gasteiger partial charge in [0.2, 0.25) is 11.8 Å². The standard InChI is InChI=1S/C33H34ClF2N5O5/c1-4-6-25(34)29(20(2)3)30(31(44)39-22-17-33(35,36)18-22)40(23-7-5-8-24(16-23)46-14-13-42)32(45)26-9-10-28(43)41(26)27-15-21(19-37)11-12-38-27/h4-8,11-12,15-16,22,26,30,42H,2,9-10,13-14,17-18H2,1,3H3,(H,39,44). The fourth-order valence-electron chi connectivity index (χ4n) is 5.50. The first-order valence-corrected chi connectivity index (χ1v) is 15.0. The third-order valence-electron chi connectivity index (χ3n) is 7.56. The minimum absolute atomic E-state index is 0.0150. The van der Waals surface area contributed by atoms with Crippen LogP contribution in [0.5, 0.6) is 5.75 Å². The van der Waals surface area contributed by atoms with Gasteiger partial charge in [-0.2, -0.15) is 5.26 Å². The van der Waals surface area contributed by atoms with E-state index in [-0.39, 0.29) is 59.5 Å². The molecule has 1 aromatic heterocycles. The first-order chi connectivity index (χ1) is 21.9. The number of allylic oxidation sites excluding steroid dienone is 3. The van der Waals surface area contributed by atoms with Gasteiger partial charge in [-0.05, 0) is 50.6 Å². The van der Waals surface area contributed by atoms with Gasteiger partial charge in [0.05, 0.1) is 18.2 Å². The van der Waals surface area contributed by atoms with E-state index in [2.05, 4.69) is 16.9 Å². The smallest absolute Gasteiger partial charge is 0.252 e. The first-order valence-electron chi connectivity index (χ1n) is 14.6. The van der Waals surface area contributed by atoms with Crippen molar-refractivity contribution in [1.82, 2.24) is 10.3 Å². The number of hydrogen-bond acceptors (Lipinski definition) is 7. The summed E-state index contributed by atoms with van der Waals surface area (Å²) in [5, 5.41) is 21.5. The third kappa shape index (κ3) is 7.61. The molecule has 2 unspecified atom stereocenters. The molecule has 242 valence electrons. The van der Waals surface area contributed by atoms with E-state index >= 15 is 0 Å². The SMILES string of the molecule is C=C(C)C(=C(Cl)C=CC)C(C(=O)NC1CC(F)(F)C1)N(C(=O)C1CCC(=O)N1c1cc(C#N)ccn1)c1cccc(OCCO)c1. The Morgan fingerprint density at radius 3 is 2.72 bits per heavy atom. The molecule has 2 heterocycles. The van der Waals surface area contributed by atoms with Crippen LogP contribution in [-0.2, 0) is 14.4 Å². The van der Waals surface area contributed by atoms with Gasteiger partial charge >= 0.3 is 0 Å². The van der Waals surface area contributed by atoms with Crippen molar-refractivity contribution in [2.45, 2.75) is 63.6 Å². The molecule has 1 saturated heterocycles. The lowest BCUT2D eigenvalue weighted by molar-refractivity contribution is -0.132. The summed E-state index contributed by atoms with van der Waals surface area (Å²) < 4.78 is 33.2. The minimum atomic E-state index is -2.92. The predicted molar refractivity (Wildman–Crippen MR) is 168 cm³/mol. The van der Waals surface area contributed by atoms with E-state index in [0.717, 1.165) is 4.90 Å². The summed E-state index contributed by atoms with van der Waals surface area (Å²) in [6.07, 6.45) is 3.42. The Morgan fingerprint density at radius 2 is 2.09 bits per heavy atom. The summed E-state index contributed by atoms with van der Waals surface area (Å²) in [7, 11) is 0. The second kappa shape index (κ2) is 14.7. The maximum Gasteiger partial charge on any atom is 0.252 e. The van der Waals surface area contributed by atoms with E-state index in [1.165, 1.54) is 35.4 Å². The second-order valence-corrected chi connectivity index (χ2v) is 11.4. The molecular formula is C33H34ClF2N5O5. The van der Waals surface area contributed by atoms with Crippen LogP contribution in [0.1, 0.15) is 45.1 Å². The summed E-state index contributed by atoms with van der Waals surface area (Å²) in [5.41, 5.74) is 0.872. The summed E-state index contributed by atoms with van der Waals surface area (Å²) >= 11 is 6.72. The van der Waals surface area contributed by atoms with Crippen LogP contribution in [0, 0.1) is 11.3 Å². The number of carbonyl (C=O) groups excluding carboxylic acids is 3. The highest BCUT2D eigenvalue weighted by Gasteiger charge is 2.49. The minimum Gasteiger partial charge on any atom is -0.491 e. The highest BCUT2D eigenvalue weighted by molar-refractivity contribution is 6.32. The van der Waals surface area contributed by atoms with E-state index in [4.69, 9.17) is 16.3 Å². The fraction of sp³-hybridized carbons (Fsp3) is 0.364. The van der Waals surface area contributed by atoms with Crippen molar-refractivity contribution in [1.29, 1.82) is 5.26 Å². The predicted octanol–water partition coefficient (Wildman–Crippen LogP) is 4.78. The van der Waals surface area contributed by atoms with Crippen LogP contribution in [0.2, 0.25) is 0 Å². The largest absolute Gasteiger partial charge is 0.491 e. The molecule has 1 aliphatic heterocycles. The molecule has 2 N–H and O–H groups in total. The zero-order valence-corrected chi connectivity index (χ0v) is 26.1. The molecule has 2 aromatic rings.